The van der Waals surface area contributed by atoms with E-state index in [1.54, 1.807) is 6.07 Å². The Balaban J connectivity index is 1.72. The molecule has 0 amide bonds. The average Bonchev–Trinajstić information content (AvgIpc) is 3.00. The van der Waals surface area contributed by atoms with E-state index in [-0.39, 0.29) is 34.0 Å². The Labute approximate surface area is 175 Å². The van der Waals surface area contributed by atoms with Gasteiger partial charge in [-0.1, -0.05) is 0 Å². The molecule has 0 unspecified atom stereocenters. The summed E-state index contributed by atoms with van der Waals surface area (Å²) in [6, 6.07) is 8.10. The van der Waals surface area contributed by atoms with E-state index in [9.17, 15) is 30.3 Å². The van der Waals surface area contributed by atoms with Gasteiger partial charge in [-0.15, -0.1) is 0 Å². The Hall–Kier alpha value is -3.31. The molecule has 0 radical (unpaired) electrons. The van der Waals surface area contributed by atoms with Crippen LogP contribution >= 0.6 is 0 Å². The molecule has 1 aromatic heterocycles. The Morgan fingerprint density at radius 2 is 1.81 bits per heavy atom. The third-order valence-corrected chi connectivity index (χ3v) is 5.00. The van der Waals surface area contributed by atoms with Crippen LogP contribution in [0.5, 0.6) is 23.0 Å². The summed E-state index contributed by atoms with van der Waals surface area (Å²) in [6.45, 7) is -0.520. The van der Waals surface area contributed by atoms with Crippen LogP contribution in [-0.2, 0) is 4.74 Å². The van der Waals surface area contributed by atoms with E-state index in [2.05, 4.69) is 0 Å². The average molecular weight is 432 g/mol. The smallest absolute Gasteiger partial charge is 0.229 e. The molecule has 1 fully saturated rings. The first-order valence-corrected chi connectivity index (χ1v) is 9.29. The van der Waals surface area contributed by atoms with Crippen LogP contribution in [0.2, 0.25) is 0 Å². The summed E-state index contributed by atoms with van der Waals surface area (Å²) in [5.74, 6) is -0.194. The molecule has 4 rings (SSSR count). The largest absolute Gasteiger partial charge is 0.507 e. The molecule has 164 valence electrons. The number of aromatic hydroxyl groups is 2. The van der Waals surface area contributed by atoms with Crippen molar-refractivity contribution < 1.29 is 44.2 Å². The van der Waals surface area contributed by atoms with E-state index in [1.165, 1.54) is 31.4 Å². The molecule has 1 aliphatic heterocycles. The molecule has 31 heavy (non-hydrogen) atoms. The number of phenolic OH excluding ortho intramolecular Hbond substituents is 2. The quantitative estimate of drug-likeness (QED) is 0.388. The zero-order chi connectivity index (χ0) is 22.3. The Bertz CT molecular complexity index is 1170. The first kappa shape index (κ1) is 20.9. The van der Waals surface area contributed by atoms with E-state index in [0.717, 1.165) is 6.07 Å². The lowest BCUT2D eigenvalue weighted by Crippen LogP contribution is -2.35. The second kappa shape index (κ2) is 8.08. The summed E-state index contributed by atoms with van der Waals surface area (Å²) in [4.78, 5) is 12.6. The minimum Gasteiger partial charge on any atom is -0.507 e. The number of hydrogen-bond donors (Lipinski definition) is 5. The third-order valence-electron chi connectivity index (χ3n) is 5.00. The van der Waals surface area contributed by atoms with Gasteiger partial charge in [0, 0.05) is 23.8 Å². The van der Waals surface area contributed by atoms with Gasteiger partial charge < -0.3 is 44.2 Å². The van der Waals surface area contributed by atoms with Crippen molar-refractivity contribution >= 4 is 11.0 Å². The number of ether oxygens (including phenoxy) is 3. The zero-order valence-electron chi connectivity index (χ0n) is 16.3. The van der Waals surface area contributed by atoms with Crippen LogP contribution in [0.1, 0.15) is 0 Å². The van der Waals surface area contributed by atoms with E-state index in [4.69, 9.17) is 18.6 Å². The van der Waals surface area contributed by atoms with Crippen molar-refractivity contribution in [1.29, 1.82) is 0 Å². The lowest BCUT2D eigenvalue weighted by molar-refractivity contribution is -0.116. The number of fused-ring (bicyclic) bond motifs is 1. The molecule has 1 aliphatic rings. The second-order valence-electron chi connectivity index (χ2n) is 7.00. The van der Waals surface area contributed by atoms with Gasteiger partial charge >= 0.3 is 0 Å². The molecule has 0 aliphatic carbocycles. The van der Waals surface area contributed by atoms with E-state index in [0.29, 0.717) is 5.56 Å². The van der Waals surface area contributed by atoms with E-state index >= 15 is 0 Å². The fraction of sp³-hybridized carbons (Fsp3) is 0.286. The second-order valence-corrected chi connectivity index (χ2v) is 7.00. The predicted octanol–water partition coefficient (Wildman–Crippen LogP) is 0.698. The number of benzene rings is 2. The molecule has 0 saturated carbocycles. The van der Waals surface area contributed by atoms with Gasteiger partial charge in [0.2, 0.25) is 6.29 Å². The number of hydrogen-bond acceptors (Lipinski definition) is 10. The molecule has 2 heterocycles. The number of phenols is 2. The van der Waals surface area contributed by atoms with Crippen molar-refractivity contribution in [1.82, 2.24) is 0 Å². The van der Waals surface area contributed by atoms with Crippen molar-refractivity contribution in [2.75, 3.05) is 13.7 Å². The van der Waals surface area contributed by atoms with Gasteiger partial charge in [-0.3, -0.25) is 4.79 Å². The standard InChI is InChI=1S/C21H20O10/c1-28-14-3-2-9(4-11(14)23)15-7-13(25)18-12(24)5-10(6-16(18)30-15)29-21-20(27)19(26)17(8-22)31-21/h2-7,17,19-24,26-27H,8H2,1H3/t17-,19-,20+,21-/m1/s1. The van der Waals surface area contributed by atoms with Crippen LogP contribution in [-0.4, -0.2) is 63.9 Å². The van der Waals surface area contributed by atoms with Gasteiger partial charge in [-0.2, -0.15) is 0 Å². The van der Waals surface area contributed by atoms with Gasteiger partial charge in [0.1, 0.15) is 46.5 Å². The maximum absolute atomic E-state index is 12.6. The predicted molar refractivity (Wildman–Crippen MR) is 106 cm³/mol. The molecule has 1 saturated heterocycles. The highest BCUT2D eigenvalue weighted by Gasteiger charge is 2.44. The van der Waals surface area contributed by atoms with Crippen LogP contribution in [0.15, 0.2) is 45.6 Å². The third kappa shape index (κ3) is 3.77. The van der Waals surface area contributed by atoms with Crippen molar-refractivity contribution in [3.8, 4) is 34.3 Å². The molecule has 4 atom stereocenters. The Kier molecular flexibility index (Phi) is 5.46. The normalized spacial score (nSPS) is 23.2. The fourth-order valence-corrected chi connectivity index (χ4v) is 3.39. The lowest BCUT2D eigenvalue weighted by atomic mass is 10.1. The maximum atomic E-state index is 12.6. The minimum absolute atomic E-state index is 0.00211. The highest BCUT2D eigenvalue weighted by molar-refractivity contribution is 5.86. The molecule has 0 bridgehead atoms. The van der Waals surface area contributed by atoms with Crippen LogP contribution in [0.4, 0.5) is 0 Å². The van der Waals surface area contributed by atoms with Gasteiger partial charge in [0.15, 0.2) is 16.9 Å². The van der Waals surface area contributed by atoms with Crippen LogP contribution < -0.4 is 14.9 Å². The van der Waals surface area contributed by atoms with Gasteiger partial charge in [0.05, 0.1) is 13.7 Å². The summed E-state index contributed by atoms with van der Waals surface area (Å²) in [6.07, 6.45) is -5.12. The summed E-state index contributed by atoms with van der Waals surface area (Å²) in [7, 11) is 1.40. The van der Waals surface area contributed by atoms with Gasteiger partial charge in [-0.25, -0.2) is 0 Å². The molecule has 3 aromatic rings. The van der Waals surface area contributed by atoms with Crippen molar-refractivity contribution in [2.24, 2.45) is 0 Å². The van der Waals surface area contributed by atoms with E-state index < -0.39 is 42.4 Å². The lowest BCUT2D eigenvalue weighted by Gasteiger charge is -2.17. The number of aliphatic hydroxyl groups is 3. The van der Waals surface area contributed by atoms with E-state index in [1.807, 2.05) is 0 Å². The summed E-state index contributed by atoms with van der Waals surface area (Å²) in [5, 5.41) is 49.3. The van der Waals surface area contributed by atoms with Crippen LogP contribution in [0.3, 0.4) is 0 Å². The molecule has 10 nitrogen and oxygen atoms in total. The minimum atomic E-state index is -1.43. The molecule has 2 aromatic carbocycles. The Morgan fingerprint density at radius 1 is 1.03 bits per heavy atom. The molecule has 5 N–H and O–H groups in total. The first-order valence-electron chi connectivity index (χ1n) is 9.29. The SMILES string of the molecule is COc1ccc(-c2cc(=O)c3c(O)cc(O[C@@H]4O[C@H](CO)[C@@H](O)[C@@H]4O)cc3o2)cc1O. The summed E-state index contributed by atoms with van der Waals surface area (Å²) in [5.41, 5.74) is -0.144. The van der Waals surface area contributed by atoms with Crippen LogP contribution in [0, 0.1) is 0 Å². The molecular weight excluding hydrogens is 412 g/mol. The number of methoxy groups -OCH3 is 1. The van der Waals surface area contributed by atoms with Crippen molar-refractivity contribution in [3.63, 3.8) is 0 Å². The van der Waals surface area contributed by atoms with Crippen molar-refractivity contribution in [3.05, 3.63) is 46.6 Å². The monoisotopic (exact) mass is 432 g/mol. The molecular formula is C21H20O10. The highest BCUT2D eigenvalue weighted by atomic mass is 16.7. The highest BCUT2D eigenvalue weighted by Crippen LogP contribution is 2.35. The molecule has 10 heteroatoms. The summed E-state index contributed by atoms with van der Waals surface area (Å²) < 4.78 is 21.5. The zero-order valence-corrected chi connectivity index (χ0v) is 16.3. The van der Waals surface area contributed by atoms with Crippen LogP contribution in [0.25, 0.3) is 22.3 Å². The maximum Gasteiger partial charge on any atom is 0.229 e. The van der Waals surface area contributed by atoms with Gasteiger partial charge in [0.25, 0.3) is 0 Å². The summed E-state index contributed by atoms with van der Waals surface area (Å²) >= 11 is 0. The van der Waals surface area contributed by atoms with Gasteiger partial charge in [-0.05, 0) is 18.2 Å². The fourth-order valence-electron chi connectivity index (χ4n) is 3.39. The topological polar surface area (TPSA) is 159 Å². The van der Waals surface area contributed by atoms with Crippen molar-refractivity contribution in [2.45, 2.75) is 24.6 Å². The Morgan fingerprint density at radius 3 is 2.45 bits per heavy atom. The number of rotatable bonds is 5. The first-order chi connectivity index (χ1) is 14.8. The molecule has 0 spiro atoms. The number of aliphatic hydroxyl groups excluding tert-OH is 3.